The van der Waals surface area contributed by atoms with Crippen molar-refractivity contribution in [3.05, 3.63) is 47.7 Å². The van der Waals surface area contributed by atoms with E-state index in [0.29, 0.717) is 24.4 Å². The molecule has 2 aliphatic heterocycles. The van der Waals surface area contributed by atoms with E-state index in [1.54, 1.807) is 6.21 Å². The molecule has 2 atom stereocenters. The first-order valence-corrected chi connectivity index (χ1v) is 9.50. The van der Waals surface area contributed by atoms with Crippen LogP contribution in [0.2, 0.25) is 0 Å². The summed E-state index contributed by atoms with van der Waals surface area (Å²) in [6.45, 7) is 3.42. The van der Waals surface area contributed by atoms with Crippen LogP contribution in [0.25, 0.3) is 0 Å². The quantitative estimate of drug-likeness (QED) is 0.785. The zero-order chi connectivity index (χ0) is 17.9. The van der Waals surface area contributed by atoms with E-state index in [1.165, 1.54) is 5.56 Å². The van der Waals surface area contributed by atoms with Gasteiger partial charge in [-0.2, -0.15) is 0 Å². The summed E-state index contributed by atoms with van der Waals surface area (Å²) in [5.74, 6) is 4.24. The number of carbonyl (C=O) groups excluding carboxylic acids is 1. The molecule has 1 saturated carbocycles. The van der Waals surface area contributed by atoms with Gasteiger partial charge in [0.1, 0.15) is 6.67 Å². The Morgan fingerprint density at radius 2 is 2.00 bits per heavy atom. The average Bonchev–Trinajstić information content (AvgIpc) is 3.50. The van der Waals surface area contributed by atoms with Gasteiger partial charge in [0.15, 0.2) is 0 Å². The van der Waals surface area contributed by atoms with E-state index in [-0.39, 0.29) is 5.92 Å². The van der Waals surface area contributed by atoms with E-state index in [4.69, 9.17) is 6.42 Å². The Morgan fingerprint density at radius 1 is 1.23 bits per heavy atom. The van der Waals surface area contributed by atoms with Crippen LogP contribution < -0.4 is 0 Å². The van der Waals surface area contributed by atoms with E-state index in [9.17, 15) is 4.79 Å². The van der Waals surface area contributed by atoms with Gasteiger partial charge in [-0.25, -0.2) is 0 Å². The van der Waals surface area contributed by atoms with E-state index in [1.807, 2.05) is 12.3 Å². The summed E-state index contributed by atoms with van der Waals surface area (Å²) in [7, 11) is 0. The lowest BCUT2D eigenvalue weighted by atomic mass is 9.95. The number of amides is 1. The summed E-state index contributed by atoms with van der Waals surface area (Å²) in [5.41, 5.74) is 2.15. The number of terminal acetylenes is 1. The Kier molecular flexibility index (Phi) is 4.79. The smallest absolute Gasteiger partial charge is 0.226 e. The van der Waals surface area contributed by atoms with Crippen molar-refractivity contribution in [1.82, 2.24) is 9.80 Å². The predicted octanol–water partition coefficient (Wildman–Crippen LogP) is 2.89. The third-order valence-electron chi connectivity index (χ3n) is 5.74. The van der Waals surface area contributed by atoms with Crippen LogP contribution in [-0.2, 0) is 4.79 Å². The molecule has 0 aromatic heterocycles. The van der Waals surface area contributed by atoms with Gasteiger partial charge in [-0.1, -0.05) is 36.3 Å². The third-order valence-corrected chi connectivity index (χ3v) is 5.74. The molecule has 1 aromatic carbocycles. The second-order valence-corrected chi connectivity index (χ2v) is 7.58. The van der Waals surface area contributed by atoms with Gasteiger partial charge in [0, 0.05) is 38.0 Å². The SMILES string of the molecule is C#CC1=CN(CC2CCN(C(=O)[C@@H]3C[C@H]3c3ccccc3)CC2)CN=C1. The normalized spacial score (nSPS) is 25.6. The highest BCUT2D eigenvalue weighted by molar-refractivity contribution is 5.84. The van der Waals surface area contributed by atoms with Gasteiger partial charge in [0.2, 0.25) is 5.91 Å². The first kappa shape index (κ1) is 16.9. The van der Waals surface area contributed by atoms with Crippen LogP contribution in [0.15, 0.2) is 47.1 Å². The number of hydrogen-bond donors (Lipinski definition) is 0. The predicted molar refractivity (Wildman–Crippen MR) is 104 cm³/mol. The van der Waals surface area contributed by atoms with Crippen molar-refractivity contribution < 1.29 is 4.79 Å². The van der Waals surface area contributed by atoms with Crippen molar-refractivity contribution in [2.75, 3.05) is 26.3 Å². The fraction of sp³-hybridized carbons (Fsp3) is 0.455. The van der Waals surface area contributed by atoms with Crippen molar-refractivity contribution >= 4 is 12.1 Å². The van der Waals surface area contributed by atoms with Crippen molar-refractivity contribution in [3.8, 4) is 12.3 Å². The number of benzene rings is 1. The number of rotatable bonds is 4. The standard InChI is InChI=1S/C22H25N3O/c1-2-17-13-23-16-24(14-17)15-18-8-10-25(11-9-18)22(26)21-12-20(21)19-6-4-3-5-7-19/h1,3-7,13-14,18,20-21H,8-12,15-16H2/t20-,21+/m0/s1. The maximum atomic E-state index is 12.8. The molecule has 4 heteroatoms. The zero-order valence-corrected chi connectivity index (χ0v) is 15.1. The summed E-state index contributed by atoms with van der Waals surface area (Å²) in [5, 5.41) is 0. The Hall–Kier alpha value is -2.54. The molecule has 1 amide bonds. The first-order valence-electron chi connectivity index (χ1n) is 9.50. The Balaban J connectivity index is 1.25. The van der Waals surface area contributed by atoms with Crippen molar-refractivity contribution in [3.63, 3.8) is 0 Å². The van der Waals surface area contributed by atoms with Gasteiger partial charge in [-0.3, -0.25) is 9.79 Å². The van der Waals surface area contributed by atoms with Gasteiger partial charge in [0.05, 0.1) is 5.57 Å². The molecule has 26 heavy (non-hydrogen) atoms. The van der Waals surface area contributed by atoms with Gasteiger partial charge in [-0.05, 0) is 36.7 Å². The minimum atomic E-state index is 0.200. The molecule has 2 heterocycles. The zero-order valence-electron chi connectivity index (χ0n) is 15.1. The minimum absolute atomic E-state index is 0.200. The highest BCUT2D eigenvalue weighted by atomic mass is 16.2. The lowest BCUT2D eigenvalue weighted by molar-refractivity contribution is -0.134. The molecule has 4 rings (SSSR count). The number of nitrogens with zero attached hydrogens (tertiary/aromatic N) is 3. The molecule has 3 aliphatic rings. The van der Waals surface area contributed by atoms with E-state index < -0.39 is 0 Å². The van der Waals surface area contributed by atoms with E-state index in [0.717, 1.165) is 44.5 Å². The lowest BCUT2D eigenvalue weighted by Crippen LogP contribution is -2.42. The van der Waals surface area contributed by atoms with E-state index in [2.05, 4.69) is 45.0 Å². The van der Waals surface area contributed by atoms with Crippen molar-refractivity contribution in [1.29, 1.82) is 0 Å². The second-order valence-electron chi connectivity index (χ2n) is 7.58. The largest absolute Gasteiger partial charge is 0.357 e. The van der Waals surface area contributed by atoms with Crippen LogP contribution in [0.1, 0.15) is 30.7 Å². The monoisotopic (exact) mass is 347 g/mol. The maximum Gasteiger partial charge on any atom is 0.226 e. The van der Waals surface area contributed by atoms with Crippen LogP contribution in [0.5, 0.6) is 0 Å². The molecule has 134 valence electrons. The van der Waals surface area contributed by atoms with Crippen LogP contribution >= 0.6 is 0 Å². The molecule has 0 spiro atoms. The van der Waals surface area contributed by atoms with Gasteiger partial charge >= 0.3 is 0 Å². The molecule has 0 bridgehead atoms. The number of hydrogen-bond acceptors (Lipinski definition) is 3. The van der Waals surface area contributed by atoms with Crippen molar-refractivity contribution in [2.24, 2.45) is 16.8 Å². The molecule has 2 fully saturated rings. The molecular weight excluding hydrogens is 322 g/mol. The molecule has 0 N–H and O–H groups in total. The Bertz CT molecular complexity index is 753. The van der Waals surface area contributed by atoms with Crippen LogP contribution in [0, 0.1) is 24.2 Å². The van der Waals surface area contributed by atoms with Crippen LogP contribution in [-0.4, -0.2) is 48.2 Å². The summed E-state index contributed by atoms with van der Waals surface area (Å²) in [6.07, 6.45) is 12.4. The van der Waals surface area contributed by atoms with Crippen molar-refractivity contribution in [2.45, 2.75) is 25.2 Å². The van der Waals surface area contributed by atoms with E-state index >= 15 is 0 Å². The molecule has 1 aliphatic carbocycles. The topological polar surface area (TPSA) is 35.9 Å². The summed E-state index contributed by atoms with van der Waals surface area (Å²) in [6, 6.07) is 10.4. The summed E-state index contributed by atoms with van der Waals surface area (Å²) in [4.78, 5) is 21.4. The first-order chi connectivity index (χ1) is 12.7. The van der Waals surface area contributed by atoms with Gasteiger partial charge in [-0.15, -0.1) is 6.42 Å². The fourth-order valence-corrected chi connectivity index (χ4v) is 4.14. The molecule has 0 radical (unpaired) electrons. The summed E-state index contributed by atoms with van der Waals surface area (Å²) >= 11 is 0. The lowest BCUT2D eigenvalue weighted by Gasteiger charge is -2.35. The van der Waals surface area contributed by atoms with Crippen LogP contribution in [0.3, 0.4) is 0 Å². The van der Waals surface area contributed by atoms with Gasteiger partial charge in [0.25, 0.3) is 0 Å². The number of piperidine rings is 1. The Morgan fingerprint density at radius 3 is 2.73 bits per heavy atom. The molecule has 0 unspecified atom stereocenters. The molecule has 1 aromatic rings. The highest BCUT2D eigenvalue weighted by Crippen LogP contribution is 2.48. The number of likely N-dealkylation sites (tertiary alicyclic amines) is 1. The third kappa shape index (κ3) is 3.67. The summed E-state index contributed by atoms with van der Waals surface area (Å²) < 4.78 is 0. The second kappa shape index (κ2) is 7.37. The minimum Gasteiger partial charge on any atom is -0.357 e. The number of carbonyl (C=O) groups is 1. The average molecular weight is 347 g/mol. The molecule has 4 nitrogen and oxygen atoms in total. The molecular formula is C22H25N3O. The number of aliphatic imine (C=N–C) groups is 1. The maximum absolute atomic E-state index is 12.8. The Labute approximate surface area is 155 Å². The highest BCUT2D eigenvalue weighted by Gasteiger charge is 2.46. The van der Waals surface area contributed by atoms with Crippen LogP contribution in [0.4, 0.5) is 0 Å². The fourth-order valence-electron chi connectivity index (χ4n) is 4.14. The molecule has 1 saturated heterocycles. The number of allylic oxidation sites excluding steroid dienone is 1. The van der Waals surface area contributed by atoms with Gasteiger partial charge < -0.3 is 9.80 Å².